The molecule has 0 atom stereocenters. The Morgan fingerprint density at radius 2 is 1.84 bits per heavy atom. The number of phenols is 1. The summed E-state index contributed by atoms with van der Waals surface area (Å²) in [6.45, 7) is 1.90. The largest absolute Gasteiger partial charge is 0.508 e. The highest BCUT2D eigenvalue weighted by atomic mass is 16.4. The number of aromatic nitrogens is 1. The molecule has 3 aromatic rings. The van der Waals surface area contributed by atoms with E-state index >= 15 is 0 Å². The Labute approximate surface area is 145 Å². The highest BCUT2D eigenvalue weighted by molar-refractivity contribution is 5.97. The molecule has 3 rings (SSSR count). The zero-order valence-corrected chi connectivity index (χ0v) is 13.5. The summed E-state index contributed by atoms with van der Waals surface area (Å²) in [5.41, 5.74) is 3.60. The number of pyridine rings is 1. The van der Waals surface area contributed by atoms with Gasteiger partial charge in [-0.15, -0.1) is 0 Å². The van der Waals surface area contributed by atoms with Crippen molar-refractivity contribution in [1.82, 2.24) is 4.98 Å². The number of aromatic hydroxyl groups is 1. The van der Waals surface area contributed by atoms with Crippen molar-refractivity contribution >= 4 is 5.97 Å². The van der Waals surface area contributed by atoms with E-state index in [1.807, 2.05) is 13.0 Å². The average Bonchev–Trinajstić information content (AvgIpc) is 2.59. The lowest BCUT2D eigenvalue weighted by Crippen LogP contribution is -2.02. The molecular weight excluding hydrogens is 314 g/mol. The van der Waals surface area contributed by atoms with Crippen LogP contribution in [0.2, 0.25) is 0 Å². The molecule has 1 heterocycles. The number of carbonyl (C=O) groups is 1. The second-order valence-corrected chi connectivity index (χ2v) is 5.58. The second-order valence-electron chi connectivity index (χ2n) is 5.58. The second kappa shape index (κ2) is 6.90. The molecule has 0 aliphatic heterocycles. The molecule has 0 saturated carbocycles. The zero-order valence-electron chi connectivity index (χ0n) is 13.5. The lowest BCUT2D eigenvalue weighted by molar-refractivity contribution is 0.0697. The van der Waals surface area contributed by atoms with Gasteiger partial charge < -0.3 is 10.2 Å². The fourth-order valence-electron chi connectivity index (χ4n) is 2.56. The van der Waals surface area contributed by atoms with Crippen molar-refractivity contribution in [2.75, 3.05) is 0 Å². The Balaban J connectivity index is 2.18. The summed E-state index contributed by atoms with van der Waals surface area (Å²) >= 11 is 0. The number of carboxylic acid groups (broad SMARTS) is 1. The van der Waals surface area contributed by atoms with Crippen molar-refractivity contribution in [3.05, 3.63) is 83.2 Å². The monoisotopic (exact) mass is 329 g/mol. The smallest absolute Gasteiger partial charge is 0.336 e. The third kappa shape index (κ3) is 3.67. The summed E-state index contributed by atoms with van der Waals surface area (Å²) in [6, 6.07) is 13.5. The minimum absolute atomic E-state index is 0.134. The molecule has 0 amide bonds. The molecule has 0 fully saturated rings. The molecule has 0 aliphatic carbocycles. The summed E-state index contributed by atoms with van der Waals surface area (Å²) in [4.78, 5) is 15.8. The number of phenolic OH excluding ortho intramolecular Hbond substituents is 1. The van der Waals surface area contributed by atoms with Crippen LogP contribution in [0.1, 0.15) is 27.0 Å². The van der Waals surface area contributed by atoms with Gasteiger partial charge in [0.2, 0.25) is 0 Å². The first-order valence-corrected chi connectivity index (χ1v) is 7.64. The number of aromatic carboxylic acids is 1. The van der Waals surface area contributed by atoms with Crippen molar-refractivity contribution in [3.8, 4) is 28.7 Å². The highest BCUT2D eigenvalue weighted by Crippen LogP contribution is 2.28. The Hall–Kier alpha value is -3.58. The van der Waals surface area contributed by atoms with Crippen LogP contribution >= 0.6 is 0 Å². The third-order valence-corrected chi connectivity index (χ3v) is 3.65. The van der Waals surface area contributed by atoms with Gasteiger partial charge in [0.15, 0.2) is 0 Å². The van der Waals surface area contributed by atoms with Crippen molar-refractivity contribution in [2.24, 2.45) is 0 Å². The maximum Gasteiger partial charge on any atom is 0.336 e. The normalized spacial score (nSPS) is 9.96. The molecule has 0 spiro atoms. The third-order valence-electron chi connectivity index (χ3n) is 3.65. The van der Waals surface area contributed by atoms with Crippen LogP contribution in [-0.4, -0.2) is 21.2 Å². The standard InChI is InChI=1S/C21H15NO3/c1-14-10-17(13-22-12-14)20-16(5-3-7-19(20)21(24)25)9-8-15-4-2-6-18(23)11-15/h2-7,10-13,23H,1H3,(H,24,25). The molecular formula is C21H15NO3. The van der Waals surface area contributed by atoms with Gasteiger partial charge in [-0.25, -0.2) is 4.79 Å². The van der Waals surface area contributed by atoms with Gasteiger partial charge in [0, 0.05) is 34.6 Å². The van der Waals surface area contributed by atoms with Gasteiger partial charge in [-0.1, -0.05) is 24.0 Å². The number of aryl methyl sites for hydroxylation is 1. The molecule has 0 aliphatic rings. The summed E-state index contributed by atoms with van der Waals surface area (Å²) < 4.78 is 0. The van der Waals surface area contributed by atoms with E-state index in [1.165, 1.54) is 0 Å². The Morgan fingerprint density at radius 3 is 2.56 bits per heavy atom. The quantitative estimate of drug-likeness (QED) is 0.700. The highest BCUT2D eigenvalue weighted by Gasteiger charge is 2.15. The van der Waals surface area contributed by atoms with E-state index in [1.54, 1.807) is 54.9 Å². The van der Waals surface area contributed by atoms with E-state index in [0.717, 1.165) is 5.56 Å². The minimum Gasteiger partial charge on any atom is -0.508 e. The van der Waals surface area contributed by atoms with Crippen LogP contribution in [0.15, 0.2) is 60.9 Å². The summed E-state index contributed by atoms with van der Waals surface area (Å²) in [5, 5.41) is 19.1. The number of rotatable bonds is 2. The van der Waals surface area contributed by atoms with Gasteiger partial charge in [0.1, 0.15) is 5.75 Å². The molecule has 2 N–H and O–H groups in total. The van der Waals surface area contributed by atoms with Gasteiger partial charge in [-0.3, -0.25) is 4.98 Å². The fourth-order valence-corrected chi connectivity index (χ4v) is 2.56. The number of hydrogen-bond acceptors (Lipinski definition) is 3. The predicted octanol–water partition coefficient (Wildman–Crippen LogP) is 3.86. The van der Waals surface area contributed by atoms with Gasteiger partial charge in [0.25, 0.3) is 0 Å². The molecule has 0 unspecified atom stereocenters. The molecule has 4 heteroatoms. The first-order chi connectivity index (χ1) is 12.0. The van der Waals surface area contributed by atoms with Gasteiger partial charge in [-0.05, 0) is 48.9 Å². The average molecular weight is 329 g/mol. The van der Waals surface area contributed by atoms with Crippen molar-refractivity contribution < 1.29 is 15.0 Å². The van der Waals surface area contributed by atoms with E-state index in [4.69, 9.17) is 0 Å². The van der Waals surface area contributed by atoms with Crippen LogP contribution in [0.25, 0.3) is 11.1 Å². The molecule has 25 heavy (non-hydrogen) atoms. The maximum absolute atomic E-state index is 11.6. The Kier molecular flexibility index (Phi) is 4.49. The van der Waals surface area contributed by atoms with E-state index in [2.05, 4.69) is 16.8 Å². The van der Waals surface area contributed by atoms with Crippen LogP contribution in [0.5, 0.6) is 5.75 Å². The van der Waals surface area contributed by atoms with E-state index in [-0.39, 0.29) is 11.3 Å². The lowest BCUT2D eigenvalue weighted by Gasteiger charge is -2.09. The van der Waals surface area contributed by atoms with Crippen molar-refractivity contribution in [1.29, 1.82) is 0 Å². The number of nitrogens with zero attached hydrogens (tertiary/aromatic N) is 1. The minimum atomic E-state index is -1.02. The fraction of sp³-hybridized carbons (Fsp3) is 0.0476. The molecule has 2 aromatic carbocycles. The summed E-state index contributed by atoms with van der Waals surface area (Å²) in [5.74, 6) is 5.10. The number of carboxylic acids is 1. The molecule has 0 saturated heterocycles. The zero-order chi connectivity index (χ0) is 17.8. The van der Waals surface area contributed by atoms with Crippen LogP contribution < -0.4 is 0 Å². The Bertz CT molecular complexity index is 1010. The summed E-state index contributed by atoms with van der Waals surface area (Å²) in [6.07, 6.45) is 3.35. The lowest BCUT2D eigenvalue weighted by atomic mass is 9.94. The summed E-state index contributed by atoms with van der Waals surface area (Å²) in [7, 11) is 0. The molecule has 0 radical (unpaired) electrons. The van der Waals surface area contributed by atoms with Crippen LogP contribution in [0.3, 0.4) is 0 Å². The molecule has 0 bridgehead atoms. The van der Waals surface area contributed by atoms with Gasteiger partial charge in [0.05, 0.1) is 5.56 Å². The van der Waals surface area contributed by atoms with Crippen molar-refractivity contribution in [2.45, 2.75) is 6.92 Å². The molecule has 4 nitrogen and oxygen atoms in total. The predicted molar refractivity (Wildman–Crippen MR) is 95.5 cm³/mol. The molecule has 122 valence electrons. The van der Waals surface area contributed by atoms with Gasteiger partial charge in [-0.2, -0.15) is 0 Å². The van der Waals surface area contributed by atoms with Crippen LogP contribution in [0, 0.1) is 18.8 Å². The topological polar surface area (TPSA) is 70.4 Å². The SMILES string of the molecule is Cc1cncc(-c2c(C#Cc3cccc(O)c3)cccc2C(=O)O)c1. The number of hydrogen-bond donors (Lipinski definition) is 2. The van der Waals surface area contributed by atoms with Crippen LogP contribution in [0.4, 0.5) is 0 Å². The van der Waals surface area contributed by atoms with Crippen molar-refractivity contribution in [3.63, 3.8) is 0 Å². The first-order valence-electron chi connectivity index (χ1n) is 7.64. The van der Waals surface area contributed by atoms with E-state index in [0.29, 0.717) is 22.3 Å². The van der Waals surface area contributed by atoms with E-state index in [9.17, 15) is 15.0 Å². The van der Waals surface area contributed by atoms with Crippen LogP contribution in [-0.2, 0) is 0 Å². The number of benzene rings is 2. The first kappa shape index (κ1) is 16.3. The van der Waals surface area contributed by atoms with E-state index < -0.39 is 5.97 Å². The van der Waals surface area contributed by atoms with Gasteiger partial charge >= 0.3 is 5.97 Å². The Morgan fingerprint density at radius 1 is 1.04 bits per heavy atom. The maximum atomic E-state index is 11.6. The molecule has 1 aromatic heterocycles.